The monoisotopic (exact) mass is 283 g/mol. The Morgan fingerprint density at radius 3 is 2.19 bits per heavy atom. The molecule has 0 aromatic heterocycles. The molecule has 2 nitrogen and oxygen atoms in total. The second-order valence-electron chi connectivity index (χ2n) is 5.68. The lowest BCUT2D eigenvalue weighted by atomic mass is 10.0. The highest BCUT2D eigenvalue weighted by Gasteiger charge is 2.12. The summed E-state index contributed by atoms with van der Waals surface area (Å²) in [7, 11) is 0. The number of anilines is 1. The van der Waals surface area contributed by atoms with E-state index in [1.54, 1.807) is 12.1 Å². The van der Waals surface area contributed by atoms with E-state index in [1.807, 2.05) is 12.1 Å². The van der Waals surface area contributed by atoms with Crippen molar-refractivity contribution in [3.63, 3.8) is 0 Å². The highest BCUT2D eigenvalue weighted by Crippen LogP contribution is 2.20. The minimum Gasteiger partial charge on any atom is -0.508 e. The van der Waals surface area contributed by atoms with Crippen LogP contribution in [0.3, 0.4) is 0 Å². The first-order chi connectivity index (χ1) is 10.1. The fraction of sp³-hybridized carbons (Fsp3) is 0.368. The quantitative estimate of drug-likeness (QED) is 0.840. The topological polar surface area (TPSA) is 23.5 Å². The molecule has 1 unspecified atom stereocenters. The molecule has 0 amide bonds. The van der Waals surface area contributed by atoms with Crippen molar-refractivity contribution in [1.29, 1.82) is 0 Å². The maximum atomic E-state index is 9.32. The third-order valence-electron chi connectivity index (χ3n) is 4.03. The second-order valence-corrected chi connectivity index (χ2v) is 5.68. The van der Waals surface area contributed by atoms with E-state index < -0.39 is 0 Å². The molecule has 2 aromatic carbocycles. The molecule has 0 radical (unpaired) electrons. The summed E-state index contributed by atoms with van der Waals surface area (Å²) in [5.41, 5.74) is 3.87. The summed E-state index contributed by atoms with van der Waals surface area (Å²) in [6.45, 7) is 7.62. The van der Waals surface area contributed by atoms with E-state index in [0.717, 1.165) is 19.4 Å². The third-order valence-corrected chi connectivity index (χ3v) is 4.03. The van der Waals surface area contributed by atoms with Crippen molar-refractivity contribution in [2.75, 3.05) is 11.4 Å². The number of phenolic OH excluding ortho intramolecular Hbond substituents is 1. The molecule has 0 fully saturated rings. The average molecular weight is 283 g/mol. The smallest absolute Gasteiger partial charge is 0.115 e. The number of hydrogen-bond donors (Lipinski definition) is 1. The number of aryl methyl sites for hydroxylation is 2. The average Bonchev–Trinajstić information content (AvgIpc) is 2.49. The molecular weight excluding hydrogens is 258 g/mol. The summed E-state index contributed by atoms with van der Waals surface area (Å²) < 4.78 is 0. The molecule has 0 heterocycles. The second kappa shape index (κ2) is 7.16. The lowest BCUT2D eigenvalue weighted by Crippen LogP contribution is -2.33. The van der Waals surface area contributed by atoms with Crippen LogP contribution in [0.2, 0.25) is 0 Å². The lowest BCUT2D eigenvalue weighted by Gasteiger charge is -2.30. The maximum absolute atomic E-state index is 9.32. The van der Waals surface area contributed by atoms with Gasteiger partial charge in [0.25, 0.3) is 0 Å². The Bertz CT molecular complexity index is 545. The molecule has 0 aliphatic heterocycles. The van der Waals surface area contributed by atoms with Gasteiger partial charge >= 0.3 is 0 Å². The van der Waals surface area contributed by atoms with E-state index >= 15 is 0 Å². The number of aromatic hydroxyl groups is 1. The Balaban J connectivity index is 1.98. The van der Waals surface area contributed by atoms with Crippen LogP contribution in [-0.2, 0) is 6.42 Å². The van der Waals surface area contributed by atoms with Crippen LogP contribution in [0.15, 0.2) is 48.5 Å². The Labute approximate surface area is 128 Å². The third kappa shape index (κ3) is 4.25. The molecule has 0 saturated carbocycles. The van der Waals surface area contributed by atoms with Crippen LogP contribution in [0.5, 0.6) is 5.75 Å². The van der Waals surface area contributed by atoms with Crippen molar-refractivity contribution in [2.45, 2.75) is 39.7 Å². The van der Waals surface area contributed by atoms with E-state index in [0.29, 0.717) is 11.8 Å². The molecular formula is C19H25NO. The molecule has 1 atom stereocenters. The molecule has 2 aromatic rings. The molecule has 2 heteroatoms. The van der Waals surface area contributed by atoms with Crippen LogP contribution in [-0.4, -0.2) is 17.7 Å². The predicted octanol–water partition coefficient (Wildman–Crippen LogP) is 4.55. The molecule has 2 rings (SSSR count). The SMILES string of the molecule is CCN(c1ccc(C)cc1)C(C)CCc1ccc(O)cc1. The summed E-state index contributed by atoms with van der Waals surface area (Å²) in [4.78, 5) is 2.44. The van der Waals surface area contributed by atoms with E-state index in [-0.39, 0.29) is 0 Å². The van der Waals surface area contributed by atoms with Crippen molar-refractivity contribution < 1.29 is 5.11 Å². The van der Waals surface area contributed by atoms with Crippen molar-refractivity contribution in [3.05, 3.63) is 59.7 Å². The Morgan fingerprint density at radius 1 is 1.00 bits per heavy atom. The van der Waals surface area contributed by atoms with Gasteiger partial charge in [0.05, 0.1) is 0 Å². The van der Waals surface area contributed by atoms with Gasteiger partial charge in [0, 0.05) is 18.3 Å². The first kappa shape index (κ1) is 15.4. The number of rotatable bonds is 6. The molecule has 0 saturated heterocycles. The van der Waals surface area contributed by atoms with E-state index in [9.17, 15) is 5.11 Å². The number of nitrogens with zero attached hydrogens (tertiary/aromatic N) is 1. The zero-order valence-electron chi connectivity index (χ0n) is 13.2. The summed E-state index contributed by atoms with van der Waals surface area (Å²) in [5, 5.41) is 9.32. The minimum atomic E-state index is 0.335. The fourth-order valence-corrected chi connectivity index (χ4v) is 2.68. The van der Waals surface area contributed by atoms with Crippen molar-refractivity contribution in [1.82, 2.24) is 0 Å². The van der Waals surface area contributed by atoms with E-state index in [4.69, 9.17) is 0 Å². The van der Waals surface area contributed by atoms with Gasteiger partial charge < -0.3 is 10.0 Å². The van der Waals surface area contributed by atoms with Crippen LogP contribution in [0.1, 0.15) is 31.4 Å². The van der Waals surface area contributed by atoms with Crippen LogP contribution >= 0.6 is 0 Å². The van der Waals surface area contributed by atoms with E-state index in [1.165, 1.54) is 16.8 Å². The summed E-state index contributed by atoms with van der Waals surface area (Å²) in [6, 6.07) is 16.8. The van der Waals surface area contributed by atoms with Gasteiger partial charge in [-0.25, -0.2) is 0 Å². The maximum Gasteiger partial charge on any atom is 0.115 e. The van der Waals surface area contributed by atoms with Crippen LogP contribution in [0, 0.1) is 6.92 Å². The lowest BCUT2D eigenvalue weighted by molar-refractivity contribution is 0.475. The van der Waals surface area contributed by atoms with Gasteiger partial charge in [0.2, 0.25) is 0 Å². The Kier molecular flexibility index (Phi) is 5.26. The largest absolute Gasteiger partial charge is 0.508 e. The highest BCUT2D eigenvalue weighted by molar-refractivity contribution is 5.48. The molecule has 1 N–H and O–H groups in total. The zero-order valence-corrected chi connectivity index (χ0v) is 13.2. The van der Waals surface area contributed by atoms with Gasteiger partial charge in [-0.15, -0.1) is 0 Å². The molecule has 0 spiro atoms. The Hall–Kier alpha value is -1.96. The van der Waals surface area contributed by atoms with Gasteiger partial charge in [0.15, 0.2) is 0 Å². The van der Waals surface area contributed by atoms with Gasteiger partial charge in [-0.2, -0.15) is 0 Å². The highest BCUT2D eigenvalue weighted by atomic mass is 16.3. The van der Waals surface area contributed by atoms with Crippen LogP contribution in [0.4, 0.5) is 5.69 Å². The molecule has 0 aliphatic rings. The first-order valence-corrected chi connectivity index (χ1v) is 7.71. The fourth-order valence-electron chi connectivity index (χ4n) is 2.68. The van der Waals surface area contributed by atoms with Gasteiger partial charge in [-0.1, -0.05) is 29.8 Å². The summed E-state index contributed by atoms with van der Waals surface area (Å²) in [5.74, 6) is 0.335. The zero-order chi connectivity index (χ0) is 15.2. The number of hydrogen-bond acceptors (Lipinski definition) is 2. The normalized spacial score (nSPS) is 12.1. The standard InChI is InChI=1S/C19H25NO/c1-4-20(18-11-5-15(2)6-12-18)16(3)7-8-17-9-13-19(21)14-10-17/h5-6,9-14,16,21H,4,7-8H2,1-3H3. The Morgan fingerprint density at radius 2 is 1.62 bits per heavy atom. The summed E-state index contributed by atoms with van der Waals surface area (Å²) >= 11 is 0. The molecule has 0 bridgehead atoms. The van der Waals surface area contributed by atoms with Crippen molar-refractivity contribution in [2.24, 2.45) is 0 Å². The predicted molar refractivity (Wildman–Crippen MR) is 90.1 cm³/mol. The van der Waals surface area contributed by atoms with Crippen molar-refractivity contribution >= 4 is 5.69 Å². The van der Waals surface area contributed by atoms with Crippen molar-refractivity contribution in [3.8, 4) is 5.75 Å². The molecule has 112 valence electrons. The van der Waals surface area contributed by atoms with Gasteiger partial charge in [0.1, 0.15) is 5.75 Å². The minimum absolute atomic E-state index is 0.335. The molecule has 21 heavy (non-hydrogen) atoms. The van der Waals surface area contributed by atoms with Crippen LogP contribution in [0.25, 0.3) is 0 Å². The molecule has 0 aliphatic carbocycles. The first-order valence-electron chi connectivity index (χ1n) is 7.71. The number of benzene rings is 2. The summed E-state index contributed by atoms with van der Waals surface area (Å²) in [6.07, 6.45) is 2.14. The van der Waals surface area contributed by atoms with E-state index in [2.05, 4.69) is 49.9 Å². The number of phenols is 1. The van der Waals surface area contributed by atoms with Gasteiger partial charge in [-0.05, 0) is 63.4 Å². The van der Waals surface area contributed by atoms with Crippen LogP contribution < -0.4 is 4.90 Å². The van der Waals surface area contributed by atoms with Gasteiger partial charge in [-0.3, -0.25) is 0 Å².